The van der Waals surface area contributed by atoms with Crippen molar-refractivity contribution in [2.75, 3.05) is 13.1 Å². The molecule has 128 valence electrons. The third kappa shape index (κ3) is 2.90. The van der Waals surface area contributed by atoms with Crippen LogP contribution in [0.5, 0.6) is 0 Å². The summed E-state index contributed by atoms with van der Waals surface area (Å²) in [6, 6.07) is 9.53. The van der Waals surface area contributed by atoms with Crippen LogP contribution in [0.3, 0.4) is 0 Å². The molecule has 0 bridgehead atoms. The highest BCUT2D eigenvalue weighted by molar-refractivity contribution is 5.94. The molecule has 1 saturated heterocycles. The van der Waals surface area contributed by atoms with Gasteiger partial charge in [0.15, 0.2) is 0 Å². The van der Waals surface area contributed by atoms with Crippen LogP contribution in [0, 0.1) is 12.7 Å². The number of hydrogen-bond donors (Lipinski definition) is 1. The summed E-state index contributed by atoms with van der Waals surface area (Å²) in [4.78, 5) is 21.6. The van der Waals surface area contributed by atoms with E-state index in [2.05, 4.69) is 9.97 Å². The molecule has 0 saturated carbocycles. The quantitative estimate of drug-likeness (QED) is 0.767. The second-order valence-corrected chi connectivity index (χ2v) is 6.69. The van der Waals surface area contributed by atoms with Gasteiger partial charge in [0.25, 0.3) is 5.91 Å². The molecule has 1 amide bonds. The molecule has 0 spiro atoms. The normalized spacial score (nSPS) is 15.7. The minimum Gasteiger partial charge on any atom is -0.346 e. The van der Waals surface area contributed by atoms with Gasteiger partial charge in [0.2, 0.25) is 0 Å². The molecule has 4 rings (SSSR count). The number of halogens is 1. The zero-order chi connectivity index (χ0) is 17.4. The molecule has 1 aromatic carbocycles. The third-order valence-electron chi connectivity index (χ3n) is 5.07. The van der Waals surface area contributed by atoms with Gasteiger partial charge >= 0.3 is 0 Å². The SMILES string of the molecule is Cc1ccc(C(=O)N2CCC(c3c(F)cnc4[nH]ccc34)CC2)cc1. The number of hydrogen-bond acceptors (Lipinski definition) is 2. The van der Waals surface area contributed by atoms with Crippen LogP contribution in [-0.4, -0.2) is 33.9 Å². The van der Waals surface area contributed by atoms with E-state index in [9.17, 15) is 9.18 Å². The summed E-state index contributed by atoms with van der Waals surface area (Å²) < 4.78 is 14.4. The number of aryl methyl sites for hydroxylation is 1. The molecule has 1 fully saturated rings. The number of benzene rings is 1. The van der Waals surface area contributed by atoms with Crippen molar-refractivity contribution < 1.29 is 9.18 Å². The van der Waals surface area contributed by atoms with Gasteiger partial charge in [0, 0.05) is 35.8 Å². The van der Waals surface area contributed by atoms with E-state index in [-0.39, 0.29) is 17.6 Å². The Morgan fingerprint density at radius 2 is 1.92 bits per heavy atom. The Hall–Kier alpha value is -2.69. The number of carbonyl (C=O) groups excluding carboxylic acids is 1. The lowest BCUT2D eigenvalue weighted by atomic mass is 9.87. The molecular weight excluding hydrogens is 317 g/mol. The first-order valence-electron chi connectivity index (χ1n) is 8.61. The van der Waals surface area contributed by atoms with Crippen molar-refractivity contribution in [1.82, 2.24) is 14.9 Å². The molecule has 5 heteroatoms. The molecule has 0 radical (unpaired) electrons. The van der Waals surface area contributed by atoms with Gasteiger partial charge in [-0.15, -0.1) is 0 Å². The minimum atomic E-state index is -0.254. The maximum absolute atomic E-state index is 14.4. The van der Waals surface area contributed by atoms with E-state index >= 15 is 0 Å². The molecule has 1 aliphatic heterocycles. The summed E-state index contributed by atoms with van der Waals surface area (Å²) in [5, 5.41) is 0.850. The fourth-order valence-electron chi connectivity index (χ4n) is 3.67. The number of pyridine rings is 1. The first-order chi connectivity index (χ1) is 12.1. The monoisotopic (exact) mass is 337 g/mol. The van der Waals surface area contributed by atoms with E-state index in [4.69, 9.17) is 0 Å². The molecular formula is C20H20FN3O. The molecule has 0 atom stereocenters. The molecule has 3 heterocycles. The third-order valence-corrected chi connectivity index (χ3v) is 5.07. The van der Waals surface area contributed by atoms with Crippen molar-refractivity contribution in [3.8, 4) is 0 Å². The number of carbonyl (C=O) groups is 1. The highest BCUT2D eigenvalue weighted by atomic mass is 19.1. The van der Waals surface area contributed by atoms with E-state index in [1.54, 1.807) is 6.20 Å². The van der Waals surface area contributed by atoms with Crippen molar-refractivity contribution in [3.05, 3.63) is 65.2 Å². The Balaban J connectivity index is 1.51. The van der Waals surface area contributed by atoms with Gasteiger partial charge in [-0.3, -0.25) is 4.79 Å². The molecule has 0 unspecified atom stereocenters. The second-order valence-electron chi connectivity index (χ2n) is 6.69. The minimum absolute atomic E-state index is 0.0560. The van der Waals surface area contributed by atoms with Crippen LogP contribution >= 0.6 is 0 Å². The Morgan fingerprint density at radius 3 is 2.64 bits per heavy atom. The molecule has 1 aliphatic rings. The molecule has 25 heavy (non-hydrogen) atoms. The number of nitrogens with zero attached hydrogens (tertiary/aromatic N) is 2. The summed E-state index contributed by atoms with van der Waals surface area (Å²) in [5.74, 6) is -0.0841. The number of piperidine rings is 1. The Morgan fingerprint density at radius 1 is 1.20 bits per heavy atom. The van der Waals surface area contributed by atoms with Crippen LogP contribution < -0.4 is 0 Å². The van der Waals surface area contributed by atoms with Crippen molar-refractivity contribution in [1.29, 1.82) is 0 Å². The van der Waals surface area contributed by atoms with Crippen LogP contribution in [0.15, 0.2) is 42.7 Å². The maximum Gasteiger partial charge on any atom is 0.253 e. The molecule has 4 nitrogen and oxygen atoms in total. The number of nitrogens with one attached hydrogen (secondary N) is 1. The lowest BCUT2D eigenvalue weighted by molar-refractivity contribution is 0.0712. The van der Waals surface area contributed by atoms with Gasteiger partial charge in [0.05, 0.1) is 6.20 Å². The molecule has 0 aliphatic carbocycles. The standard InChI is InChI=1S/C20H20FN3O/c1-13-2-4-15(5-3-13)20(25)24-10-7-14(8-11-24)18-16-6-9-22-19(16)23-12-17(18)21/h2-6,9,12,14H,7-8,10-11H2,1H3,(H,22,23). The Labute approximate surface area is 145 Å². The topological polar surface area (TPSA) is 49.0 Å². The van der Waals surface area contributed by atoms with E-state index in [0.717, 1.165) is 35.0 Å². The number of fused-ring (bicyclic) bond motifs is 1. The van der Waals surface area contributed by atoms with E-state index in [1.807, 2.05) is 42.2 Å². The molecule has 2 aromatic heterocycles. The van der Waals surface area contributed by atoms with Crippen molar-refractivity contribution in [3.63, 3.8) is 0 Å². The van der Waals surface area contributed by atoms with Gasteiger partial charge in [-0.2, -0.15) is 0 Å². The molecule has 3 aromatic rings. The number of H-pyrrole nitrogens is 1. The van der Waals surface area contributed by atoms with Crippen LogP contribution in [0.2, 0.25) is 0 Å². The summed E-state index contributed by atoms with van der Waals surface area (Å²) in [6.45, 7) is 3.29. The predicted molar refractivity (Wildman–Crippen MR) is 95.1 cm³/mol. The highest BCUT2D eigenvalue weighted by Crippen LogP contribution is 2.34. The van der Waals surface area contributed by atoms with E-state index in [1.165, 1.54) is 6.20 Å². The van der Waals surface area contributed by atoms with Gasteiger partial charge in [-0.05, 0) is 43.9 Å². The van der Waals surface area contributed by atoms with E-state index < -0.39 is 0 Å². The number of amides is 1. The predicted octanol–water partition coefficient (Wildman–Crippen LogP) is 4.03. The zero-order valence-electron chi connectivity index (χ0n) is 14.1. The Kier molecular flexibility index (Phi) is 3.99. The van der Waals surface area contributed by atoms with Crippen LogP contribution in [-0.2, 0) is 0 Å². The van der Waals surface area contributed by atoms with E-state index in [0.29, 0.717) is 18.7 Å². The van der Waals surface area contributed by atoms with Gasteiger partial charge in [0.1, 0.15) is 11.5 Å². The molecule has 1 N–H and O–H groups in total. The van der Waals surface area contributed by atoms with Crippen molar-refractivity contribution in [2.45, 2.75) is 25.7 Å². The van der Waals surface area contributed by atoms with Crippen molar-refractivity contribution in [2.24, 2.45) is 0 Å². The van der Waals surface area contributed by atoms with Gasteiger partial charge in [-0.1, -0.05) is 17.7 Å². The highest BCUT2D eigenvalue weighted by Gasteiger charge is 2.27. The lowest BCUT2D eigenvalue weighted by Crippen LogP contribution is -2.38. The van der Waals surface area contributed by atoms with Gasteiger partial charge < -0.3 is 9.88 Å². The summed E-state index contributed by atoms with van der Waals surface area (Å²) in [6.07, 6.45) is 4.60. The Bertz CT molecular complexity index is 908. The average Bonchev–Trinajstić information content (AvgIpc) is 3.10. The van der Waals surface area contributed by atoms with Crippen LogP contribution in [0.1, 0.15) is 40.2 Å². The summed E-state index contributed by atoms with van der Waals surface area (Å²) in [7, 11) is 0. The number of aromatic nitrogens is 2. The second kappa shape index (κ2) is 6.31. The smallest absolute Gasteiger partial charge is 0.253 e. The maximum atomic E-state index is 14.4. The largest absolute Gasteiger partial charge is 0.346 e. The van der Waals surface area contributed by atoms with Crippen molar-refractivity contribution >= 4 is 16.9 Å². The lowest BCUT2D eigenvalue weighted by Gasteiger charge is -2.32. The number of aromatic amines is 1. The summed E-state index contributed by atoms with van der Waals surface area (Å²) >= 11 is 0. The fraction of sp³-hybridized carbons (Fsp3) is 0.300. The first kappa shape index (κ1) is 15.8. The number of rotatable bonds is 2. The average molecular weight is 337 g/mol. The fourth-order valence-corrected chi connectivity index (χ4v) is 3.67. The summed E-state index contributed by atoms with van der Waals surface area (Å²) in [5.41, 5.74) is 3.30. The number of likely N-dealkylation sites (tertiary alicyclic amines) is 1. The van der Waals surface area contributed by atoms with Gasteiger partial charge in [-0.25, -0.2) is 9.37 Å². The van der Waals surface area contributed by atoms with Crippen LogP contribution in [0.25, 0.3) is 11.0 Å². The van der Waals surface area contributed by atoms with Crippen LogP contribution in [0.4, 0.5) is 4.39 Å². The first-order valence-corrected chi connectivity index (χ1v) is 8.61. The zero-order valence-corrected chi connectivity index (χ0v) is 14.1.